The molecule has 6 nitrogen and oxygen atoms in total. The SMILES string of the molecule is Nc1cnn(CC(=O)OCC2Cc3cc(F)ccc3O2)c1. The van der Waals surface area contributed by atoms with Gasteiger partial charge in [0, 0.05) is 18.2 Å². The molecule has 7 heteroatoms. The Bertz CT molecular complexity index is 671. The van der Waals surface area contributed by atoms with E-state index in [2.05, 4.69) is 5.10 Å². The zero-order valence-corrected chi connectivity index (χ0v) is 11.2. The minimum Gasteiger partial charge on any atom is -0.486 e. The number of benzene rings is 1. The van der Waals surface area contributed by atoms with E-state index in [0.717, 1.165) is 5.56 Å². The molecule has 2 aromatic rings. The van der Waals surface area contributed by atoms with Gasteiger partial charge in [-0.3, -0.25) is 9.48 Å². The van der Waals surface area contributed by atoms with Gasteiger partial charge in [0.25, 0.3) is 0 Å². The molecule has 0 saturated heterocycles. The van der Waals surface area contributed by atoms with Gasteiger partial charge in [0.1, 0.15) is 30.8 Å². The second-order valence-corrected chi connectivity index (χ2v) is 4.85. The van der Waals surface area contributed by atoms with Crippen LogP contribution in [0.2, 0.25) is 0 Å². The van der Waals surface area contributed by atoms with E-state index in [1.807, 2.05) is 0 Å². The van der Waals surface area contributed by atoms with Crippen LogP contribution in [-0.4, -0.2) is 28.5 Å². The zero-order valence-electron chi connectivity index (χ0n) is 11.2. The lowest BCUT2D eigenvalue weighted by molar-refractivity contribution is -0.146. The fourth-order valence-electron chi connectivity index (χ4n) is 2.21. The molecular formula is C14H14FN3O3. The lowest BCUT2D eigenvalue weighted by Gasteiger charge is -2.11. The second kappa shape index (κ2) is 5.43. The molecule has 3 rings (SSSR count). The van der Waals surface area contributed by atoms with Crippen LogP contribution in [0.25, 0.3) is 0 Å². The van der Waals surface area contributed by atoms with E-state index in [9.17, 15) is 9.18 Å². The molecule has 0 amide bonds. The Labute approximate surface area is 120 Å². The highest BCUT2D eigenvalue weighted by Gasteiger charge is 2.24. The predicted octanol–water partition coefficient (Wildman–Crippen LogP) is 1.15. The van der Waals surface area contributed by atoms with E-state index in [1.165, 1.54) is 23.0 Å². The molecule has 1 atom stereocenters. The number of rotatable bonds is 4. The van der Waals surface area contributed by atoms with Gasteiger partial charge in [-0.05, 0) is 18.2 Å². The molecule has 0 radical (unpaired) electrons. The fourth-order valence-corrected chi connectivity index (χ4v) is 2.21. The third-order valence-electron chi connectivity index (χ3n) is 3.14. The van der Waals surface area contributed by atoms with E-state index < -0.39 is 5.97 Å². The maximum absolute atomic E-state index is 13.1. The summed E-state index contributed by atoms with van der Waals surface area (Å²) in [4.78, 5) is 11.7. The molecule has 0 saturated carbocycles. The smallest absolute Gasteiger partial charge is 0.327 e. The molecule has 1 aromatic heterocycles. The number of hydrogen-bond donors (Lipinski definition) is 1. The van der Waals surface area contributed by atoms with Gasteiger partial charge in [-0.15, -0.1) is 0 Å². The van der Waals surface area contributed by atoms with Crippen LogP contribution in [0.5, 0.6) is 5.75 Å². The minimum absolute atomic E-state index is 0.00844. The summed E-state index contributed by atoms with van der Waals surface area (Å²) in [7, 11) is 0. The first kappa shape index (κ1) is 13.4. The summed E-state index contributed by atoms with van der Waals surface area (Å²) in [5.74, 6) is -0.0904. The van der Waals surface area contributed by atoms with Crippen molar-refractivity contribution in [2.45, 2.75) is 19.1 Å². The van der Waals surface area contributed by atoms with Gasteiger partial charge in [-0.2, -0.15) is 5.10 Å². The van der Waals surface area contributed by atoms with Crippen molar-refractivity contribution in [1.29, 1.82) is 0 Å². The summed E-state index contributed by atoms with van der Waals surface area (Å²) >= 11 is 0. The summed E-state index contributed by atoms with van der Waals surface area (Å²) in [6.07, 6.45) is 3.24. The van der Waals surface area contributed by atoms with Crippen molar-refractivity contribution in [3.63, 3.8) is 0 Å². The van der Waals surface area contributed by atoms with Crippen LogP contribution in [0.15, 0.2) is 30.6 Å². The Balaban J connectivity index is 1.49. The molecule has 0 bridgehead atoms. The number of esters is 1. The Kier molecular flexibility index (Phi) is 3.47. The van der Waals surface area contributed by atoms with E-state index in [-0.39, 0.29) is 25.1 Å². The van der Waals surface area contributed by atoms with E-state index in [0.29, 0.717) is 17.9 Å². The van der Waals surface area contributed by atoms with Gasteiger partial charge >= 0.3 is 5.97 Å². The largest absolute Gasteiger partial charge is 0.486 e. The number of nitrogen functional groups attached to an aromatic ring is 1. The van der Waals surface area contributed by atoms with E-state index in [1.54, 1.807) is 12.3 Å². The Morgan fingerprint density at radius 1 is 1.57 bits per heavy atom. The van der Waals surface area contributed by atoms with E-state index >= 15 is 0 Å². The summed E-state index contributed by atoms with van der Waals surface area (Å²) in [5, 5.41) is 3.90. The van der Waals surface area contributed by atoms with Crippen molar-refractivity contribution in [3.8, 4) is 5.75 Å². The first-order valence-corrected chi connectivity index (χ1v) is 6.49. The third-order valence-corrected chi connectivity index (χ3v) is 3.14. The van der Waals surface area contributed by atoms with Crippen LogP contribution in [0.3, 0.4) is 0 Å². The molecule has 110 valence electrons. The average Bonchev–Trinajstić information content (AvgIpc) is 3.02. The molecule has 1 aliphatic rings. The lowest BCUT2D eigenvalue weighted by atomic mass is 10.1. The molecule has 0 fully saturated rings. The number of carbonyl (C=O) groups excluding carboxylic acids is 1. The maximum atomic E-state index is 13.1. The first-order chi connectivity index (χ1) is 10.1. The van der Waals surface area contributed by atoms with Gasteiger partial charge in [-0.1, -0.05) is 0 Å². The zero-order chi connectivity index (χ0) is 14.8. The molecule has 2 heterocycles. The van der Waals surface area contributed by atoms with Crippen LogP contribution < -0.4 is 10.5 Å². The van der Waals surface area contributed by atoms with Crippen LogP contribution in [0, 0.1) is 5.82 Å². The fraction of sp³-hybridized carbons (Fsp3) is 0.286. The Morgan fingerprint density at radius 2 is 2.43 bits per heavy atom. The average molecular weight is 291 g/mol. The highest BCUT2D eigenvalue weighted by atomic mass is 19.1. The predicted molar refractivity (Wildman–Crippen MR) is 72.1 cm³/mol. The van der Waals surface area contributed by atoms with Crippen molar-refractivity contribution < 1.29 is 18.7 Å². The number of carbonyl (C=O) groups is 1. The van der Waals surface area contributed by atoms with Crippen LogP contribution in [0.4, 0.5) is 10.1 Å². The highest BCUT2D eigenvalue weighted by Crippen LogP contribution is 2.29. The van der Waals surface area contributed by atoms with Crippen molar-refractivity contribution in [2.75, 3.05) is 12.3 Å². The minimum atomic E-state index is -0.427. The number of nitrogens with two attached hydrogens (primary N) is 1. The Hall–Kier alpha value is -2.57. The van der Waals surface area contributed by atoms with Gasteiger partial charge < -0.3 is 15.2 Å². The van der Waals surface area contributed by atoms with E-state index in [4.69, 9.17) is 15.2 Å². The molecular weight excluding hydrogens is 277 g/mol. The molecule has 1 aromatic carbocycles. The van der Waals surface area contributed by atoms with Crippen molar-refractivity contribution >= 4 is 11.7 Å². The standard InChI is InChI=1S/C14H14FN3O3/c15-10-1-2-13-9(3-10)4-12(21-13)8-20-14(19)7-18-6-11(16)5-17-18/h1-3,5-6,12H,4,7-8,16H2. The molecule has 0 spiro atoms. The Morgan fingerprint density at radius 3 is 3.19 bits per heavy atom. The normalized spacial score (nSPS) is 16.3. The first-order valence-electron chi connectivity index (χ1n) is 6.49. The highest BCUT2D eigenvalue weighted by molar-refractivity contribution is 5.69. The molecule has 0 aliphatic carbocycles. The monoisotopic (exact) mass is 291 g/mol. The topological polar surface area (TPSA) is 79.4 Å². The summed E-state index contributed by atoms with van der Waals surface area (Å²) < 4.78 is 25.2. The number of anilines is 1. The second-order valence-electron chi connectivity index (χ2n) is 4.85. The lowest BCUT2D eigenvalue weighted by Crippen LogP contribution is -2.24. The number of hydrogen-bond acceptors (Lipinski definition) is 5. The molecule has 21 heavy (non-hydrogen) atoms. The van der Waals surface area contributed by atoms with Crippen molar-refractivity contribution in [2.24, 2.45) is 0 Å². The van der Waals surface area contributed by atoms with Crippen molar-refractivity contribution in [1.82, 2.24) is 9.78 Å². The number of nitrogens with zero attached hydrogens (tertiary/aromatic N) is 2. The van der Waals surface area contributed by atoms with Crippen LogP contribution in [0.1, 0.15) is 5.56 Å². The molecule has 2 N–H and O–H groups in total. The van der Waals surface area contributed by atoms with Gasteiger partial charge in [0.2, 0.25) is 0 Å². The summed E-state index contributed by atoms with van der Waals surface area (Å²) in [6.45, 7) is 0.109. The third kappa shape index (κ3) is 3.13. The number of ether oxygens (including phenoxy) is 2. The van der Waals surface area contributed by atoms with Gasteiger partial charge in [0.05, 0.1) is 11.9 Å². The van der Waals surface area contributed by atoms with Gasteiger partial charge in [0.15, 0.2) is 0 Å². The number of aromatic nitrogens is 2. The summed E-state index contributed by atoms with van der Waals surface area (Å²) in [6, 6.07) is 4.36. The van der Waals surface area contributed by atoms with Gasteiger partial charge in [-0.25, -0.2) is 4.39 Å². The molecule has 1 aliphatic heterocycles. The summed E-state index contributed by atoms with van der Waals surface area (Å²) in [5.41, 5.74) is 6.78. The maximum Gasteiger partial charge on any atom is 0.327 e. The number of fused-ring (bicyclic) bond motifs is 1. The molecule has 1 unspecified atom stereocenters. The number of halogens is 1. The van der Waals surface area contributed by atoms with Crippen LogP contribution in [-0.2, 0) is 22.5 Å². The van der Waals surface area contributed by atoms with Crippen molar-refractivity contribution in [3.05, 3.63) is 42.0 Å². The van der Waals surface area contributed by atoms with Crippen LogP contribution >= 0.6 is 0 Å². The quantitative estimate of drug-likeness (QED) is 0.855.